The van der Waals surface area contributed by atoms with Crippen molar-refractivity contribution in [2.45, 2.75) is 10.8 Å². The van der Waals surface area contributed by atoms with Gasteiger partial charge in [0.15, 0.2) is 0 Å². The Balaban J connectivity index is 1.05. The van der Waals surface area contributed by atoms with E-state index >= 15 is 0 Å². The first-order valence-corrected chi connectivity index (χ1v) is 24.2. The van der Waals surface area contributed by atoms with Crippen molar-refractivity contribution in [1.82, 2.24) is 0 Å². The molecule has 3 aliphatic rings. The molecule has 0 saturated carbocycles. The number of anilines is 3. The van der Waals surface area contributed by atoms with E-state index < -0.39 is 10.8 Å². The molecule has 0 bridgehead atoms. The molecule has 15 rings (SSSR count). The van der Waals surface area contributed by atoms with Crippen molar-refractivity contribution < 1.29 is 0 Å². The van der Waals surface area contributed by atoms with Gasteiger partial charge in [0.1, 0.15) is 0 Å². The molecule has 0 heterocycles. The molecule has 1 nitrogen and oxygen atoms in total. The Bertz CT molecular complexity index is 3970. The Kier molecular flexibility index (Phi) is 7.98. The number of nitrogens with zero attached hydrogens (tertiary/aromatic N) is 1. The molecule has 0 aromatic heterocycles. The molecule has 0 atom stereocenters. The van der Waals surface area contributed by atoms with E-state index in [-0.39, 0.29) is 0 Å². The van der Waals surface area contributed by atoms with Crippen molar-refractivity contribution in [3.63, 3.8) is 0 Å². The quantitative estimate of drug-likeness (QED) is 0.156. The summed E-state index contributed by atoms with van der Waals surface area (Å²) in [6.07, 6.45) is 0. The lowest BCUT2D eigenvalue weighted by Gasteiger charge is -2.34. The summed E-state index contributed by atoms with van der Waals surface area (Å²) in [5.74, 6) is 0. The molecule has 1 spiro atoms. The summed E-state index contributed by atoms with van der Waals surface area (Å²) < 4.78 is 0. The minimum Gasteiger partial charge on any atom is -0.310 e. The first-order chi connectivity index (χ1) is 34.3. The molecule has 1 heteroatoms. The summed E-state index contributed by atoms with van der Waals surface area (Å²) in [6.45, 7) is 0. The molecule has 0 unspecified atom stereocenters. The maximum absolute atomic E-state index is 2.57. The van der Waals surface area contributed by atoms with Crippen molar-refractivity contribution in [1.29, 1.82) is 0 Å². The summed E-state index contributed by atoms with van der Waals surface area (Å²) in [5, 5.41) is 7.58. The van der Waals surface area contributed by atoms with Gasteiger partial charge >= 0.3 is 0 Å². The maximum Gasteiger partial charge on any atom is 0.0726 e. The van der Waals surface area contributed by atoms with Crippen LogP contribution in [0.2, 0.25) is 0 Å². The molecule has 0 amide bonds. The number of benzene rings is 12. The van der Waals surface area contributed by atoms with E-state index in [0.29, 0.717) is 0 Å². The van der Waals surface area contributed by atoms with Gasteiger partial charge in [-0.1, -0.05) is 231 Å². The van der Waals surface area contributed by atoms with E-state index in [0.717, 1.165) is 17.1 Å². The molecule has 69 heavy (non-hydrogen) atoms. The summed E-state index contributed by atoms with van der Waals surface area (Å²) in [6, 6.07) is 98.1. The zero-order chi connectivity index (χ0) is 45.3. The first kappa shape index (κ1) is 38.3. The zero-order valence-electron chi connectivity index (χ0n) is 37.8. The molecule has 0 N–H and O–H groups in total. The van der Waals surface area contributed by atoms with Gasteiger partial charge in [-0.05, 0) is 135 Å². The summed E-state index contributed by atoms with van der Waals surface area (Å²) in [4.78, 5) is 2.57. The van der Waals surface area contributed by atoms with Crippen LogP contribution in [0.25, 0.3) is 65.7 Å². The average molecular weight is 874 g/mol. The topological polar surface area (TPSA) is 3.24 Å². The van der Waals surface area contributed by atoms with Crippen LogP contribution >= 0.6 is 0 Å². The highest BCUT2D eigenvalue weighted by atomic mass is 15.1. The Morgan fingerprint density at radius 2 is 0.623 bits per heavy atom. The van der Waals surface area contributed by atoms with E-state index in [2.05, 4.69) is 266 Å². The van der Waals surface area contributed by atoms with Gasteiger partial charge in [-0.2, -0.15) is 0 Å². The largest absolute Gasteiger partial charge is 0.310 e. The minimum absolute atomic E-state index is 0.471. The van der Waals surface area contributed by atoms with Gasteiger partial charge in [0.05, 0.1) is 16.5 Å². The maximum atomic E-state index is 2.57. The van der Waals surface area contributed by atoms with Gasteiger partial charge < -0.3 is 4.90 Å². The fraction of sp³-hybridized carbons (Fsp3) is 0.0294. The number of hydrogen-bond donors (Lipinski definition) is 0. The highest BCUT2D eigenvalue weighted by molar-refractivity contribution is 6.26. The number of rotatable bonds is 5. The van der Waals surface area contributed by atoms with Crippen molar-refractivity contribution in [2.24, 2.45) is 0 Å². The third-order valence-electron chi connectivity index (χ3n) is 15.9. The second kappa shape index (κ2) is 14.4. The van der Waals surface area contributed by atoms with Crippen molar-refractivity contribution in [3.8, 4) is 33.4 Å². The zero-order valence-corrected chi connectivity index (χ0v) is 37.8. The van der Waals surface area contributed by atoms with Crippen LogP contribution in [0, 0.1) is 0 Å². The Labute approximate surface area is 401 Å². The first-order valence-electron chi connectivity index (χ1n) is 24.2. The van der Waals surface area contributed by atoms with Crippen LogP contribution in [-0.4, -0.2) is 0 Å². The van der Waals surface area contributed by atoms with Crippen molar-refractivity contribution in [3.05, 3.63) is 305 Å². The van der Waals surface area contributed by atoms with Crippen molar-refractivity contribution >= 4 is 49.4 Å². The van der Waals surface area contributed by atoms with Crippen molar-refractivity contribution in [2.75, 3.05) is 4.90 Å². The van der Waals surface area contributed by atoms with Gasteiger partial charge in [0, 0.05) is 16.9 Å². The molecule has 0 radical (unpaired) electrons. The molecule has 0 aliphatic heterocycles. The second-order valence-corrected chi connectivity index (χ2v) is 19.0. The lowest BCUT2D eigenvalue weighted by atomic mass is 9.68. The van der Waals surface area contributed by atoms with Gasteiger partial charge in [-0.15, -0.1) is 0 Å². The van der Waals surface area contributed by atoms with E-state index in [4.69, 9.17) is 0 Å². The lowest BCUT2D eigenvalue weighted by Crippen LogP contribution is -2.28. The van der Waals surface area contributed by atoms with Crippen LogP contribution in [-0.2, 0) is 10.8 Å². The Hall–Kier alpha value is -8.78. The fourth-order valence-electron chi connectivity index (χ4n) is 13.3. The molecule has 0 saturated heterocycles. The Morgan fingerprint density at radius 1 is 0.232 bits per heavy atom. The molecule has 0 fully saturated rings. The monoisotopic (exact) mass is 873 g/mol. The van der Waals surface area contributed by atoms with E-state index in [1.807, 2.05) is 0 Å². The SMILES string of the molecule is c1ccc(C2(c3ccccc3)c3ccccc3-c3cc(N(c4ccc5c6ccccc6c6ccccc6c5c4)c4cccc5c4-c4ccccc4C54c5ccccc5-c5ccccc54)ccc32)cc1. The second-order valence-electron chi connectivity index (χ2n) is 19.0. The van der Waals surface area contributed by atoms with Gasteiger partial charge in [-0.25, -0.2) is 0 Å². The molecular weight excluding hydrogens is 831 g/mol. The van der Waals surface area contributed by atoms with Gasteiger partial charge in [0.2, 0.25) is 0 Å². The highest BCUT2D eigenvalue weighted by Crippen LogP contribution is 2.65. The number of fused-ring (bicyclic) bond motifs is 19. The Morgan fingerprint density at radius 3 is 1.20 bits per heavy atom. The lowest BCUT2D eigenvalue weighted by molar-refractivity contribution is 0.768. The predicted octanol–water partition coefficient (Wildman–Crippen LogP) is 17.3. The van der Waals surface area contributed by atoms with Crippen LogP contribution in [0.3, 0.4) is 0 Å². The molecule has 3 aliphatic carbocycles. The van der Waals surface area contributed by atoms with Gasteiger partial charge in [0.25, 0.3) is 0 Å². The van der Waals surface area contributed by atoms with Crippen LogP contribution in [0.1, 0.15) is 44.5 Å². The summed E-state index contributed by atoms with van der Waals surface area (Å²) >= 11 is 0. The number of hydrogen-bond acceptors (Lipinski definition) is 1. The molecule has 12 aromatic rings. The fourth-order valence-corrected chi connectivity index (χ4v) is 13.3. The standard InChI is InChI=1S/C68H43N/c1-3-20-44(21-4-1)67(45-22-5-2-6-23-45)59-32-15-13-30-55(59)58-43-47(39-41-63(58)67)69(46-38-40-52-50-26-8-7-24-48(50)49-25-9-10-27-51(49)57(52)42-46)65-37-19-36-64-66(65)56-31-14-18-35-62(56)68(64)60-33-16-11-28-53(60)54-29-12-17-34-61(54)68/h1-43H. The van der Waals surface area contributed by atoms with Crippen LogP contribution in [0.4, 0.5) is 17.1 Å². The third-order valence-corrected chi connectivity index (χ3v) is 15.9. The average Bonchev–Trinajstić information content (AvgIpc) is 4.02. The predicted molar refractivity (Wildman–Crippen MR) is 287 cm³/mol. The highest BCUT2D eigenvalue weighted by Gasteiger charge is 2.52. The smallest absolute Gasteiger partial charge is 0.0726 e. The summed E-state index contributed by atoms with van der Waals surface area (Å²) in [5.41, 5.74) is 20.6. The summed E-state index contributed by atoms with van der Waals surface area (Å²) in [7, 11) is 0. The van der Waals surface area contributed by atoms with Crippen LogP contribution in [0.15, 0.2) is 261 Å². The minimum atomic E-state index is -0.497. The molecule has 12 aromatic carbocycles. The van der Waals surface area contributed by atoms with E-state index in [1.54, 1.807) is 0 Å². The molecule has 320 valence electrons. The van der Waals surface area contributed by atoms with Crippen LogP contribution < -0.4 is 4.90 Å². The normalized spacial score (nSPS) is 14.0. The van der Waals surface area contributed by atoms with Crippen LogP contribution in [0.5, 0.6) is 0 Å². The third kappa shape index (κ3) is 4.98. The molecular formula is C68H43N. The van der Waals surface area contributed by atoms with Gasteiger partial charge in [-0.3, -0.25) is 0 Å². The van der Waals surface area contributed by atoms with E-state index in [9.17, 15) is 0 Å². The van der Waals surface area contributed by atoms with E-state index in [1.165, 1.54) is 110 Å².